The Morgan fingerprint density at radius 1 is 1.26 bits per heavy atom. The number of rotatable bonds is 3. The lowest BCUT2D eigenvalue weighted by atomic mass is 10.2. The lowest BCUT2D eigenvalue weighted by Gasteiger charge is -2.03. The van der Waals surface area contributed by atoms with Gasteiger partial charge in [-0.05, 0) is 17.7 Å². The van der Waals surface area contributed by atoms with E-state index in [0.29, 0.717) is 5.56 Å². The molecular formula is C11H9FN4O3. The first-order chi connectivity index (χ1) is 9.06. The Morgan fingerprint density at radius 2 is 1.95 bits per heavy atom. The molecule has 98 valence electrons. The largest absolute Gasteiger partial charge is 0.346 e. The Hall–Kier alpha value is -2.77. The number of carbonyl (C=O) groups is 1. The Balaban J connectivity index is 2.07. The first kappa shape index (κ1) is 12.7. The number of hydrogen-bond donors (Lipinski definition) is 3. The molecule has 0 spiro atoms. The van der Waals surface area contributed by atoms with Gasteiger partial charge in [0.05, 0.1) is 0 Å². The molecule has 0 aliphatic carbocycles. The molecule has 1 amide bonds. The van der Waals surface area contributed by atoms with Crippen LogP contribution in [-0.4, -0.2) is 21.1 Å². The Kier molecular flexibility index (Phi) is 3.51. The molecule has 1 aromatic heterocycles. The van der Waals surface area contributed by atoms with E-state index in [1.165, 1.54) is 24.3 Å². The highest BCUT2D eigenvalue weighted by Gasteiger charge is 2.12. The number of amides is 1. The van der Waals surface area contributed by atoms with Crippen LogP contribution in [0.2, 0.25) is 0 Å². The van der Waals surface area contributed by atoms with Crippen molar-refractivity contribution >= 4 is 5.91 Å². The van der Waals surface area contributed by atoms with Crippen molar-refractivity contribution in [3.05, 3.63) is 62.2 Å². The van der Waals surface area contributed by atoms with Gasteiger partial charge in [-0.25, -0.2) is 14.3 Å². The molecule has 0 unspecified atom stereocenters. The van der Waals surface area contributed by atoms with Crippen molar-refractivity contribution in [3.63, 3.8) is 0 Å². The predicted octanol–water partition coefficient (Wildman–Crippen LogP) is -0.473. The van der Waals surface area contributed by atoms with Gasteiger partial charge in [0.2, 0.25) is 5.69 Å². The predicted molar refractivity (Wildman–Crippen MR) is 63.0 cm³/mol. The normalized spacial score (nSPS) is 10.2. The minimum atomic E-state index is -0.875. The number of hydrogen-bond acceptors (Lipinski definition) is 4. The van der Waals surface area contributed by atoms with E-state index in [1.54, 1.807) is 0 Å². The monoisotopic (exact) mass is 264 g/mol. The molecule has 3 N–H and O–H groups in total. The Labute approximate surface area is 105 Å². The van der Waals surface area contributed by atoms with Gasteiger partial charge >= 0.3 is 5.69 Å². The molecule has 0 saturated heterocycles. The number of nitrogens with one attached hydrogen (secondary N) is 3. The first-order valence-corrected chi connectivity index (χ1v) is 5.28. The van der Waals surface area contributed by atoms with Crippen LogP contribution in [0.25, 0.3) is 0 Å². The SMILES string of the molecule is O=C(NCc1ccc(F)cc1)c1n[nH]c(=O)[nH]c1=O. The summed E-state index contributed by atoms with van der Waals surface area (Å²) < 4.78 is 12.7. The van der Waals surface area contributed by atoms with Gasteiger partial charge in [-0.1, -0.05) is 12.1 Å². The molecular weight excluding hydrogens is 255 g/mol. The van der Waals surface area contributed by atoms with Gasteiger partial charge < -0.3 is 5.32 Å². The quantitative estimate of drug-likeness (QED) is 0.696. The zero-order chi connectivity index (χ0) is 13.8. The average Bonchev–Trinajstić information content (AvgIpc) is 2.37. The van der Waals surface area contributed by atoms with Crippen LogP contribution in [-0.2, 0) is 6.54 Å². The van der Waals surface area contributed by atoms with Crippen molar-refractivity contribution in [2.45, 2.75) is 6.54 Å². The molecule has 19 heavy (non-hydrogen) atoms. The minimum Gasteiger partial charge on any atom is -0.346 e. The first-order valence-electron chi connectivity index (χ1n) is 5.28. The molecule has 0 atom stereocenters. The molecule has 0 fully saturated rings. The van der Waals surface area contributed by atoms with Crippen molar-refractivity contribution in [1.29, 1.82) is 0 Å². The third-order valence-corrected chi connectivity index (χ3v) is 2.29. The van der Waals surface area contributed by atoms with Gasteiger partial charge in [0, 0.05) is 6.54 Å². The van der Waals surface area contributed by atoms with Gasteiger partial charge in [-0.15, -0.1) is 0 Å². The van der Waals surface area contributed by atoms with Crippen LogP contribution in [0.3, 0.4) is 0 Å². The van der Waals surface area contributed by atoms with Crippen LogP contribution >= 0.6 is 0 Å². The molecule has 2 aromatic rings. The number of aromatic amines is 2. The second kappa shape index (κ2) is 5.25. The van der Waals surface area contributed by atoms with Gasteiger partial charge in [0.15, 0.2) is 0 Å². The molecule has 8 heteroatoms. The van der Waals surface area contributed by atoms with E-state index in [1.807, 2.05) is 10.1 Å². The summed E-state index contributed by atoms with van der Waals surface area (Å²) in [7, 11) is 0. The summed E-state index contributed by atoms with van der Waals surface area (Å²) in [6.07, 6.45) is 0. The summed E-state index contributed by atoms with van der Waals surface area (Å²) in [5.41, 5.74) is -1.45. The molecule has 0 aliphatic rings. The van der Waals surface area contributed by atoms with Crippen LogP contribution < -0.4 is 16.6 Å². The summed E-state index contributed by atoms with van der Waals surface area (Å²) >= 11 is 0. The fourth-order valence-electron chi connectivity index (χ4n) is 1.37. The summed E-state index contributed by atoms with van der Waals surface area (Å²) in [5.74, 6) is -1.12. The second-order valence-electron chi connectivity index (χ2n) is 3.66. The number of halogens is 1. The zero-order valence-corrected chi connectivity index (χ0v) is 9.57. The summed E-state index contributed by atoms with van der Waals surface area (Å²) in [4.78, 5) is 35.5. The third kappa shape index (κ3) is 3.12. The number of H-pyrrole nitrogens is 2. The third-order valence-electron chi connectivity index (χ3n) is 2.29. The fourth-order valence-corrected chi connectivity index (χ4v) is 1.37. The smallest absolute Gasteiger partial charge is 0.342 e. The maximum Gasteiger partial charge on any atom is 0.342 e. The average molecular weight is 264 g/mol. The van der Waals surface area contributed by atoms with Gasteiger partial charge in [-0.3, -0.25) is 14.6 Å². The zero-order valence-electron chi connectivity index (χ0n) is 9.57. The van der Waals surface area contributed by atoms with Gasteiger partial charge in [-0.2, -0.15) is 5.10 Å². The van der Waals surface area contributed by atoms with E-state index in [9.17, 15) is 18.8 Å². The van der Waals surface area contributed by atoms with Crippen LogP contribution in [0.5, 0.6) is 0 Å². The van der Waals surface area contributed by atoms with Crippen LogP contribution in [0.4, 0.5) is 4.39 Å². The molecule has 0 saturated carbocycles. The van der Waals surface area contributed by atoms with Crippen LogP contribution in [0.1, 0.15) is 16.1 Å². The number of carbonyl (C=O) groups excluding carboxylic acids is 1. The van der Waals surface area contributed by atoms with Crippen LogP contribution in [0.15, 0.2) is 33.9 Å². The molecule has 0 aliphatic heterocycles. The number of benzene rings is 1. The number of nitrogens with zero attached hydrogens (tertiary/aromatic N) is 1. The van der Waals surface area contributed by atoms with E-state index >= 15 is 0 Å². The highest BCUT2D eigenvalue weighted by molar-refractivity contribution is 5.91. The molecule has 0 bridgehead atoms. The molecule has 2 rings (SSSR count). The maximum atomic E-state index is 12.7. The number of aromatic nitrogens is 3. The highest BCUT2D eigenvalue weighted by atomic mass is 19.1. The molecule has 1 aromatic carbocycles. The molecule has 7 nitrogen and oxygen atoms in total. The van der Waals surface area contributed by atoms with Gasteiger partial charge in [0.25, 0.3) is 11.5 Å². The van der Waals surface area contributed by atoms with Crippen LogP contribution in [0, 0.1) is 5.82 Å². The van der Waals surface area contributed by atoms with Crippen molar-refractivity contribution in [2.24, 2.45) is 0 Å². The minimum absolute atomic E-state index is 0.110. The standard InChI is InChI=1S/C11H9FN4O3/c12-7-3-1-6(2-4-7)5-13-9(17)8-10(18)14-11(19)16-15-8/h1-4H,5H2,(H,13,17)(H2,14,16,18,19). The molecule has 0 radical (unpaired) electrons. The Morgan fingerprint density at radius 3 is 2.58 bits per heavy atom. The second-order valence-corrected chi connectivity index (χ2v) is 3.66. The van der Waals surface area contributed by atoms with E-state index in [-0.39, 0.29) is 12.4 Å². The topological polar surface area (TPSA) is 108 Å². The maximum absolute atomic E-state index is 12.7. The molecule has 1 heterocycles. The van der Waals surface area contributed by atoms with Crippen molar-refractivity contribution in [3.8, 4) is 0 Å². The summed E-state index contributed by atoms with van der Waals surface area (Å²) in [6, 6.07) is 5.51. The highest BCUT2D eigenvalue weighted by Crippen LogP contribution is 2.02. The summed E-state index contributed by atoms with van der Waals surface area (Å²) in [5, 5.41) is 7.74. The summed E-state index contributed by atoms with van der Waals surface area (Å²) in [6.45, 7) is 0.110. The van der Waals surface area contributed by atoms with E-state index < -0.39 is 22.9 Å². The van der Waals surface area contributed by atoms with Gasteiger partial charge in [0.1, 0.15) is 5.82 Å². The lowest BCUT2D eigenvalue weighted by molar-refractivity contribution is 0.0943. The Bertz CT molecular complexity index is 705. The van der Waals surface area contributed by atoms with Crippen molar-refractivity contribution in [1.82, 2.24) is 20.5 Å². The lowest BCUT2D eigenvalue weighted by Crippen LogP contribution is -2.35. The van der Waals surface area contributed by atoms with Crippen molar-refractivity contribution in [2.75, 3.05) is 0 Å². The van der Waals surface area contributed by atoms with E-state index in [2.05, 4.69) is 10.4 Å². The van der Waals surface area contributed by atoms with Crippen molar-refractivity contribution < 1.29 is 9.18 Å². The van der Waals surface area contributed by atoms with E-state index in [4.69, 9.17) is 0 Å². The van der Waals surface area contributed by atoms with E-state index in [0.717, 1.165) is 0 Å². The fraction of sp³-hybridized carbons (Fsp3) is 0.0909.